The number of carbonyl (C=O) groups excluding carboxylic acids is 1. The summed E-state index contributed by atoms with van der Waals surface area (Å²) in [7, 11) is 0. The Morgan fingerprint density at radius 3 is 2.80 bits per heavy atom. The maximum atomic E-state index is 11.8. The first-order valence-electron chi connectivity index (χ1n) is 5.97. The Morgan fingerprint density at radius 1 is 1.40 bits per heavy atom. The van der Waals surface area contributed by atoms with Crippen LogP contribution in [0, 0.1) is 23.7 Å². The molecule has 0 radical (unpaired) electrons. The predicted molar refractivity (Wildman–Crippen MR) is 56.0 cm³/mol. The number of ether oxygens (including phenoxy) is 2. The zero-order valence-electron chi connectivity index (χ0n) is 9.73. The monoisotopic (exact) mass is 212 g/mol. The van der Waals surface area contributed by atoms with E-state index in [9.17, 15) is 4.79 Å². The average molecular weight is 212 g/mol. The summed E-state index contributed by atoms with van der Waals surface area (Å²) in [5.74, 6) is 1.38. The molecule has 1 aliphatic carbocycles. The molecule has 0 bridgehead atoms. The van der Waals surface area contributed by atoms with Crippen LogP contribution in [0.2, 0.25) is 0 Å². The molecule has 86 valence electrons. The van der Waals surface area contributed by atoms with E-state index in [1.807, 2.05) is 6.92 Å². The van der Waals surface area contributed by atoms with E-state index in [4.69, 9.17) is 9.47 Å². The highest BCUT2D eigenvalue weighted by Gasteiger charge is 2.49. The maximum absolute atomic E-state index is 11.8. The second kappa shape index (κ2) is 4.12. The first-order chi connectivity index (χ1) is 7.15. The van der Waals surface area contributed by atoms with Crippen LogP contribution in [0.3, 0.4) is 0 Å². The lowest BCUT2D eigenvalue weighted by Crippen LogP contribution is -2.44. The van der Waals surface area contributed by atoms with Gasteiger partial charge in [-0.1, -0.05) is 13.8 Å². The average Bonchev–Trinajstić information content (AvgIpc) is 2.57. The van der Waals surface area contributed by atoms with Gasteiger partial charge in [-0.05, 0) is 31.6 Å². The highest BCUT2D eigenvalue weighted by molar-refractivity contribution is 5.74. The summed E-state index contributed by atoms with van der Waals surface area (Å²) < 4.78 is 10.8. The first kappa shape index (κ1) is 10.9. The third-order valence-electron chi connectivity index (χ3n) is 3.97. The van der Waals surface area contributed by atoms with Crippen molar-refractivity contribution in [2.75, 3.05) is 6.61 Å². The van der Waals surface area contributed by atoms with Crippen LogP contribution >= 0.6 is 0 Å². The normalized spacial score (nSPS) is 45.0. The smallest absolute Gasteiger partial charge is 0.311 e. The second-order valence-corrected chi connectivity index (χ2v) is 4.86. The van der Waals surface area contributed by atoms with Gasteiger partial charge in [-0.3, -0.25) is 4.79 Å². The van der Waals surface area contributed by atoms with Crippen LogP contribution in [-0.4, -0.2) is 18.9 Å². The van der Waals surface area contributed by atoms with Crippen molar-refractivity contribution in [2.45, 2.75) is 39.9 Å². The molecule has 1 aliphatic heterocycles. The molecular formula is C12H20O3. The lowest BCUT2D eigenvalue weighted by Gasteiger charge is -2.37. The highest BCUT2D eigenvalue weighted by Crippen LogP contribution is 2.46. The summed E-state index contributed by atoms with van der Waals surface area (Å²) in [6.07, 6.45) is 1.98. The van der Waals surface area contributed by atoms with Crippen molar-refractivity contribution in [1.29, 1.82) is 0 Å². The van der Waals surface area contributed by atoms with Crippen molar-refractivity contribution < 1.29 is 14.3 Å². The van der Waals surface area contributed by atoms with Crippen LogP contribution in [0.15, 0.2) is 0 Å². The largest absolute Gasteiger partial charge is 0.435 e. The molecule has 1 heterocycles. The van der Waals surface area contributed by atoms with Crippen LogP contribution in [0.5, 0.6) is 0 Å². The Balaban J connectivity index is 2.12. The summed E-state index contributed by atoms with van der Waals surface area (Å²) in [5, 5.41) is 0. The third-order valence-corrected chi connectivity index (χ3v) is 3.97. The van der Waals surface area contributed by atoms with E-state index in [-0.39, 0.29) is 18.2 Å². The number of esters is 1. The molecule has 0 N–H and O–H groups in total. The van der Waals surface area contributed by atoms with Gasteiger partial charge in [-0.15, -0.1) is 0 Å². The van der Waals surface area contributed by atoms with E-state index in [0.29, 0.717) is 24.4 Å². The molecule has 2 aliphatic rings. The van der Waals surface area contributed by atoms with Gasteiger partial charge in [0.05, 0.1) is 5.92 Å². The number of cyclic esters (lactones) is 1. The zero-order valence-corrected chi connectivity index (χ0v) is 9.73. The molecule has 0 aromatic heterocycles. The molecule has 0 aromatic rings. The Kier molecular flexibility index (Phi) is 3.01. The van der Waals surface area contributed by atoms with Crippen molar-refractivity contribution in [1.82, 2.24) is 0 Å². The molecule has 1 saturated heterocycles. The Hall–Kier alpha value is -0.570. The maximum Gasteiger partial charge on any atom is 0.311 e. The Morgan fingerprint density at radius 2 is 2.13 bits per heavy atom. The highest BCUT2D eigenvalue weighted by atomic mass is 16.7. The van der Waals surface area contributed by atoms with E-state index in [1.165, 1.54) is 0 Å². The minimum Gasteiger partial charge on any atom is -0.435 e. The molecule has 2 rings (SSSR count). The standard InChI is InChI=1S/C12H20O3/c1-4-14-12-8(3)9-6-5-7(2)10(9)11(13)15-12/h7-10,12H,4-6H2,1-3H3/t7-,8-,9+,10+,12+/m0/s1. The van der Waals surface area contributed by atoms with Crippen molar-refractivity contribution in [3.05, 3.63) is 0 Å². The number of fused-ring (bicyclic) bond motifs is 1. The molecule has 0 unspecified atom stereocenters. The summed E-state index contributed by atoms with van der Waals surface area (Å²) in [6, 6.07) is 0. The van der Waals surface area contributed by atoms with Crippen molar-refractivity contribution in [2.24, 2.45) is 23.7 Å². The number of hydrogen-bond donors (Lipinski definition) is 0. The predicted octanol–water partition coefficient (Wildman–Crippen LogP) is 2.20. The number of hydrogen-bond acceptors (Lipinski definition) is 3. The van der Waals surface area contributed by atoms with E-state index in [1.54, 1.807) is 0 Å². The fraction of sp³-hybridized carbons (Fsp3) is 0.917. The SMILES string of the molecule is CCO[C@@H]1OC(=O)[C@H]2[C@H](CC[C@@H]2C)[C@@H]1C. The molecule has 3 nitrogen and oxygen atoms in total. The molecule has 0 amide bonds. The summed E-state index contributed by atoms with van der Waals surface area (Å²) >= 11 is 0. The zero-order chi connectivity index (χ0) is 11.0. The number of carbonyl (C=O) groups is 1. The van der Waals surface area contributed by atoms with Crippen LogP contribution in [0.1, 0.15) is 33.6 Å². The molecular weight excluding hydrogens is 192 g/mol. The fourth-order valence-electron chi connectivity index (χ4n) is 3.09. The van der Waals surface area contributed by atoms with Crippen molar-refractivity contribution in [3.8, 4) is 0 Å². The van der Waals surface area contributed by atoms with Gasteiger partial charge in [0, 0.05) is 12.5 Å². The Bertz CT molecular complexity index is 251. The molecule has 3 heteroatoms. The number of rotatable bonds is 2. The van der Waals surface area contributed by atoms with Crippen LogP contribution in [0.4, 0.5) is 0 Å². The first-order valence-corrected chi connectivity index (χ1v) is 5.97. The van der Waals surface area contributed by atoms with Gasteiger partial charge in [0.2, 0.25) is 6.29 Å². The fourth-order valence-corrected chi connectivity index (χ4v) is 3.09. The van der Waals surface area contributed by atoms with Gasteiger partial charge < -0.3 is 9.47 Å². The molecule has 0 spiro atoms. The van der Waals surface area contributed by atoms with Crippen molar-refractivity contribution in [3.63, 3.8) is 0 Å². The van der Waals surface area contributed by atoms with Crippen LogP contribution in [-0.2, 0) is 14.3 Å². The van der Waals surface area contributed by atoms with Gasteiger partial charge in [0.15, 0.2) is 0 Å². The van der Waals surface area contributed by atoms with Gasteiger partial charge in [-0.2, -0.15) is 0 Å². The Labute approximate surface area is 91.1 Å². The van der Waals surface area contributed by atoms with E-state index < -0.39 is 0 Å². The minimum absolute atomic E-state index is 0.0402. The lowest BCUT2D eigenvalue weighted by molar-refractivity contribution is -0.218. The molecule has 5 atom stereocenters. The molecule has 1 saturated carbocycles. The third kappa shape index (κ3) is 1.78. The van der Waals surface area contributed by atoms with Gasteiger partial charge >= 0.3 is 5.97 Å². The van der Waals surface area contributed by atoms with Gasteiger partial charge in [-0.25, -0.2) is 0 Å². The molecule has 2 fully saturated rings. The van der Waals surface area contributed by atoms with E-state index >= 15 is 0 Å². The summed E-state index contributed by atoms with van der Waals surface area (Å²) in [6.45, 7) is 6.83. The molecule has 0 aromatic carbocycles. The lowest BCUT2D eigenvalue weighted by atomic mass is 9.80. The minimum atomic E-state index is -0.311. The summed E-state index contributed by atoms with van der Waals surface area (Å²) in [4.78, 5) is 11.8. The van der Waals surface area contributed by atoms with E-state index in [2.05, 4.69) is 13.8 Å². The van der Waals surface area contributed by atoms with Crippen molar-refractivity contribution >= 4 is 5.97 Å². The van der Waals surface area contributed by atoms with Gasteiger partial charge in [0.25, 0.3) is 0 Å². The van der Waals surface area contributed by atoms with Crippen LogP contribution in [0.25, 0.3) is 0 Å². The van der Waals surface area contributed by atoms with Crippen LogP contribution < -0.4 is 0 Å². The quantitative estimate of drug-likeness (QED) is 0.658. The molecule has 15 heavy (non-hydrogen) atoms. The van der Waals surface area contributed by atoms with E-state index in [0.717, 1.165) is 12.8 Å². The van der Waals surface area contributed by atoms with Gasteiger partial charge in [0.1, 0.15) is 0 Å². The summed E-state index contributed by atoms with van der Waals surface area (Å²) in [5.41, 5.74) is 0. The topological polar surface area (TPSA) is 35.5 Å². The second-order valence-electron chi connectivity index (χ2n) is 4.86.